The molecule has 1 rings (SSSR count). The van der Waals surface area contributed by atoms with E-state index in [1.165, 1.54) is 5.56 Å². The van der Waals surface area contributed by atoms with Crippen molar-refractivity contribution in [2.45, 2.75) is 45.3 Å². The molecule has 120 valence electrons. The van der Waals surface area contributed by atoms with E-state index >= 15 is 0 Å². The highest BCUT2D eigenvalue weighted by molar-refractivity contribution is 5.31. The van der Waals surface area contributed by atoms with E-state index in [9.17, 15) is 5.11 Å². The second kappa shape index (κ2) is 9.90. The predicted octanol–water partition coefficient (Wildman–Crippen LogP) is 1.72. The van der Waals surface area contributed by atoms with E-state index < -0.39 is 5.72 Å². The first-order valence-electron chi connectivity index (χ1n) is 8.08. The molecule has 0 aliphatic rings. The van der Waals surface area contributed by atoms with E-state index in [1.54, 1.807) is 0 Å². The molecule has 0 aliphatic heterocycles. The predicted molar refractivity (Wildman–Crippen MR) is 89.2 cm³/mol. The lowest BCUT2D eigenvalue weighted by Crippen LogP contribution is -2.40. The molecule has 0 bridgehead atoms. The van der Waals surface area contributed by atoms with Gasteiger partial charge in [0.2, 0.25) is 0 Å². The van der Waals surface area contributed by atoms with Crippen LogP contribution in [0.3, 0.4) is 0 Å². The van der Waals surface area contributed by atoms with Crippen molar-refractivity contribution in [2.24, 2.45) is 5.73 Å². The van der Waals surface area contributed by atoms with Gasteiger partial charge in [-0.15, -0.1) is 0 Å². The number of rotatable bonds is 11. The number of aliphatic hydroxyl groups is 1. The SMILES string of the molecule is CCc1ccccc1C(C)(O)NCCCCNCCCN. The molecule has 0 saturated heterocycles. The molecular weight excluding hydrogens is 262 g/mol. The molecule has 1 unspecified atom stereocenters. The van der Waals surface area contributed by atoms with E-state index in [4.69, 9.17) is 5.73 Å². The zero-order chi connectivity index (χ0) is 15.6. The Labute approximate surface area is 129 Å². The molecule has 0 heterocycles. The molecule has 4 nitrogen and oxygen atoms in total. The van der Waals surface area contributed by atoms with Crippen molar-refractivity contribution in [3.63, 3.8) is 0 Å². The number of hydrogen-bond acceptors (Lipinski definition) is 4. The summed E-state index contributed by atoms with van der Waals surface area (Å²) in [5.74, 6) is 0. The van der Waals surface area contributed by atoms with Gasteiger partial charge in [-0.25, -0.2) is 0 Å². The van der Waals surface area contributed by atoms with E-state index in [0.717, 1.165) is 57.4 Å². The third kappa shape index (κ3) is 6.57. The van der Waals surface area contributed by atoms with Crippen molar-refractivity contribution >= 4 is 0 Å². The third-order valence-electron chi connectivity index (χ3n) is 3.73. The first-order chi connectivity index (χ1) is 10.1. The van der Waals surface area contributed by atoms with Crippen LogP contribution in [0.15, 0.2) is 24.3 Å². The molecule has 0 amide bonds. The smallest absolute Gasteiger partial charge is 0.139 e. The Morgan fingerprint density at radius 1 is 1.10 bits per heavy atom. The number of hydrogen-bond donors (Lipinski definition) is 4. The lowest BCUT2D eigenvalue weighted by Gasteiger charge is -2.27. The average molecular weight is 293 g/mol. The van der Waals surface area contributed by atoms with Crippen molar-refractivity contribution < 1.29 is 5.11 Å². The summed E-state index contributed by atoms with van der Waals surface area (Å²) >= 11 is 0. The number of benzene rings is 1. The van der Waals surface area contributed by atoms with Crippen molar-refractivity contribution in [1.82, 2.24) is 10.6 Å². The zero-order valence-corrected chi connectivity index (χ0v) is 13.5. The van der Waals surface area contributed by atoms with E-state index in [1.807, 2.05) is 25.1 Å². The quantitative estimate of drug-likeness (QED) is 0.370. The summed E-state index contributed by atoms with van der Waals surface area (Å²) < 4.78 is 0. The molecule has 0 aromatic heterocycles. The van der Waals surface area contributed by atoms with Crippen LogP contribution < -0.4 is 16.4 Å². The van der Waals surface area contributed by atoms with Crippen LogP contribution in [0.25, 0.3) is 0 Å². The summed E-state index contributed by atoms with van der Waals surface area (Å²) in [6.07, 6.45) is 4.10. The molecule has 1 aromatic carbocycles. The van der Waals surface area contributed by atoms with E-state index in [-0.39, 0.29) is 0 Å². The Morgan fingerprint density at radius 3 is 2.48 bits per heavy atom. The van der Waals surface area contributed by atoms with Gasteiger partial charge < -0.3 is 16.2 Å². The summed E-state index contributed by atoms with van der Waals surface area (Å²) in [7, 11) is 0. The second-order valence-corrected chi connectivity index (χ2v) is 5.61. The third-order valence-corrected chi connectivity index (χ3v) is 3.73. The largest absolute Gasteiger partial charge is 0.372 e. The van der Waals surface area contributed by atoms with Crippen LogP contribution in [0.5, 0.6) is 0 Å². The van der Waals surface area contributed by atoms with Crippen molar-refractivity contribution in [1.29, 1.82) is 0 Å². The van der Waals surface area contributed by atoms with Gasteiger partial charge in [-0.1, -0.05) is 31.2 Å². The summed E-state index contributed by atoms with van der Waals surface area (Å²) in [6.45, 7) is 7.50. The molecule has 4 heteroatoms. The van der Waals surface area contributed by atoms with Crippen molar-refractivity contribution in [2.75, 3.05) is 26.2 Å². The molecule has 21 heavy (non-hydrogen) atoms. The molecule has 0 spiro atoms. The van der Waals surface area contributed by atoms with E-state index in [2.05, 4.69) is 23.6 Å². The van der Waals surface area contributed by atoms with Gasteiger partial charge in [-0.3, -0.25) is 5.32 Å². The Kier molecular flexibility index (Phi) is 8.54. The fraction of sp³-hybridized carbons (Fsp3) is 0.647. The van der Waals surface area contributed by atoms with Gasteiger partial charge in [-0.2, -0.15) is 0 Å². The highest BCUT2D eigenvalue weighted by Gasteiger charge is 2.23. The molecule has 1 atom stereocenters. The van der Waals surface area contributed by atoms with Crippen LogP contribution in [0.4, 0.5) is 0 Å². The zero-order valence-electron chi connectivity index (χ0n) is 13.5. The molecule has 1 aromatic rings. The van der Waals surface area contributed by atoms with Crippen LogP contribution in [-0.4, -0.2) is 31.3 Å². The first kappa shape index (κ1) is 18.1. The first-order valence-corrected chi connectivity index (χ1v) is 8.08. The standard InChI is InChI=1S/C17H31N3O/c1-3-15-9-4-5-10-16(15)17(2,21)20-14-7-6-12-19-13-8-11-18/h4-5,9-10,19-21H,3,6-8,11-14,18H2,1-2H3. The van der Waals surface area contributed by atoms with Gasteiger partial charge in [0.1, 0.15) is 5.72 Å². The Morgan fingerprint density at radius 2 is 1.76 bits per heavy atom. The fourth-order valence-electron chi connectivity index (χ4n) is 2.46. The van der Waals surface area contributed by atoms with Crippen molar-refractivity contribution in [3.05, 3.63) is 35.4 Å². The Bertz CT molecular complexity index is 393. The van der Waals surface area contributed by atoms with Crippen LogP contribution in [0, 0.1) is 0 Å². The van der Waals surface area contributed by atoms with Gasteiger partial charge >= 0.3 is 0 Å². The maximum atomic E-state index is 10.6. The van der Waals surface area contributed by atoms with Gasteiger partial charge in [-0.05, 0) is 64.3 Å². The van der Waals surface area contributed by atoms with E-state index in [0.29, 0.717) is 0 Å². The molecule has 0 saturated carbocycles. The highest BCUT2D eigenvalue weighted by atomic mass is 16.3. The van der Waals surface area contributed by atoms with Crippen LogP contribution in [-0.2, 0) is 12.1 Å². The number of nitrogens with one attached hydrogen (secondary N) is 2. The second-order valence-electron chi connectivity index (χ2n) is 5.61. The van der Waals surface area contributed by atoms with Gasteiger partial charge in [0.15, 0.2) is 0 Å². The highest BCUT2D eigenvalue weighted by Crippen LogP contribution is 2.22. The molecule has 0 aliphatic carbocycles. The van der Waals surface area contributed by atoms with Crippen LogP contribution >= 0.6 is 0 Å². The number of aryl methyl sites for hydroxylation is 1. The minimum atomic E-state index is -0.959. The summed E-state index contributed by atoms with van der Waals surface area (Å²) in [6, 6.07) is 8.07. The summed E-state index contributed by atoms with van der Waals surface area (Å²) in [5, 5.41) is 17.3. The normalized spacial score (nSPS) is 14.1. The molecular formula is C17H31N3O. The summed E-state index contributed by atoms with van der Waals surface area (Å²) in [5.41, 5.74) is 6.65. The summed E-state index contributed by atoms with van der Waals surface area (Å²) in [4.78, 5) is 0. The van der Waals surface area contributed by atoms with Gasteiger partial charge in [0, 0.05) is 5.56 Å². The van der Waals surface area contributed by atoms with Gasteiger partial charge in [0.05, 0.1) is 0 Å². The number of unbranched alkanes of at least 4 members (excludes halogenated alkanes) is 1. The minimum Gasteiger partial charge on any atom is -0.372 e. The lowest BCUT2D eigenvalue weighted by molar-refractivity contribution is 0.0191. The number of nitrogens with two attached hydrogens (primary N) is 1. The van der Waals surface area contributed by atoms with Crippen LogP contribution in [0.2, 0.25) is 0 Å². The maximum Gasteiger partial charge on any atom is 0.139 e. The Balaban J connectivity index is 2.30. The van der Waals surface area contributed by atoms with Crippen molar-refractivity contribution in [3.8, 4) is 0 Å². The Hall–Kier alpha value is -0.940. The van der Waals surface area contributed by atoms with Crippen LogP contribution in [0.1, 0.15) is 44.2 Å². The average Bonchev–Trinajstić information content (AvgIpc) is 2.50. The topological polar surface area (TPSA) is 70.3 Å². The monoisotopic (exact) mass is 293 g/mol. The molecule has 0 radical (unpaired) electrons. The molecule has 5 N–H and O–H groups in total. The maximum absolute atomic E-state index is 10.6. The minimum absolute atomic E-state index is 0.744. The molecule has 0 fully saturated rings. The van der Waals surface area contributed by atoms with Gasteiger partial charge in [0.25, 0.3) is 0 Å². The lowest BCUT2D eigenvalue weighted by atomic mass is 9.96. The fourth-order valence-corrected chi connectivity index (χ4v) is 2.46.